The maximum absolute atomic E-state index is 11.9. The summed E-state index contributed by atoms with van der Waals surface area (Å²) in [6.45, 7) is 13.4. The van der Waals surface area contributed by atoms with Gasteiger partial charge in [0.2, 0.25) is 5.95 Å². The van der Waals surface area contributed by atoms with Crippen LogP contribution in [0, 0.1) is 0 Å². The number of amides is 1. The minimum Gasteiger partial charge on any atom is -0.457 e. The van der Waals surface area contributed by atoms with Gasteiger partial charge in [0.25, 0.3) is 5.91 Å². The monoisotopic (exact) mass is 485 g/mol. The SMILES string of the molecule is CNC(=O)c1cc(Oc2ccc3c(c2)nc(Nc2cc(C(C)(C)C)cc(C(C)(C)C)c2)n3C)ccn1. The van der Waals surface area contributed by atoms with Gasteiger partial charge in [0.1, 0.15) is 17.2 Å². The molecule has 1 amide bonds. The summed E-state index contributed by atoms with van der Waals surface area (Å²) in [5.74, 6) is 1.65. The van der Waals surface area contributed by atoms with Gasteiger partial charge in [-0.05, 0) is 52.3 Å². The second kappa shape index (κ2) is 9.30. The van der Waals surface area contributed by atoms with Crippen molar-refractivity contribution < 1.29 is 9.53 Å². The standard InChI is InChI=1S/C29H35N5O2/c1-28(2,3)18-13-19(29(4,5)6)15-20(14-18)32-27-33-23-16-21(9-10-25(23)34(27)8)36-22-11-12-31-24(17-22)26(35)30-7/h9-17H,1-8H3,(H,30,35)(H,32,33). The summed E-state index contributed by atoms with van der Waals surface area (Å²) in [4.78, 5) is 20.8. The Morgan fingerprint density at radius 1 is 0.889 bits per heavy atom. The van der Waals surface area contributed by atoms with Crippen LogP contribution in [0.4, 0.5) is 11.6 Å². The number of carbonyl (C=O) groups excluding carboxylic acids is 1. The van der Waals surface area contributed by atoms with E-state index in [9.17, 15) is 4.79 Å². The van der Waals surface area contributed by atoms with E-state index in [4.69, 9.17) is 9.72 Å². The fourth-order valence-corrected chi connectivity index (χ4v) is 3.91. The molecule has 0 saturated heterocycles. The fraction of sp³-hybridized carbons (Fsp3) is 0.345. The molecule has 4 rings (SSSR count). The van der Waals surface area contributed by atoms with Crippen LogP contribution in [0.3, 0.4) is 0 Å². The Labute approximate surface area is 212 Å². The molecule has 4 aromatic rings. The zero-order valence-electron chi connectivity index (χ0n) is 22.4. The van der Waals surface area contributed by atoms with Gasteiger partial charge in [-0.2, -0.15) is 0 Å². The number of imidazole rings is 1. The number of nitrogens with zero attached hydrogens (tertiary/aromatic N) is 3. The highest BCUT2D eigenvalue weighted by molar-refractivity contribution is 5.92. The van der Waals surface area contributed by atoms with E-state index in [1.807, 2.05) is 29.8 Å². The molecule has 2 aromatic heterocycles. The van der Waals surface area contributed by atoms with Crippen LogP contribution >= 0.6 is 0 Å². The summed E-state index contributed by atoms with van der Waals surface area (Å²) in [6, 6.07) is 15.8. The van der Waals surface area contributed by atoms with E-state index in [-0.39, 0.29) is 16.7 Å². The molecule has 0 unspecified atom stereocenters. The number of rotatable bonds is 5. The third-order valence-electron chi connectivity index (χ3n) is 6.20. The molecule has 36 heavy (non-hydrogen) atoms. The predicted molar refractivity (Wildman–Crippen MR) is 146 cm³/mol. The molecular weight excluding hydrogens is 450 g/mol. The maximum Gasteiger partial charge on any atom is 0.269 e. The van der Waals surface area contributed by atoms with Gasteiger partial charge in [-0.15, -0.1) is 0 Å². The first kappa shape index (κ1) is 25.2. The number of fused-ring (bicyclic) bond motifs is 1. The van der Waals surface area contributed by atoms with Crippen LogP contribution in [-0.2, 0) is 17.9 Å². The van der Waals surface area contributed by atoms with E-state index in [1.165, 1.54) is 11.1 Å². The summed E-state index contributed by atoms with van der Waals surface area (Å²) in [6.07, 6.45) is 1.55. The van der Waals surface area contributed by atoms with Gasteiger partial charge in [0, 0.05) is 38.1 Å². The highest BCUT2D eigenvalue weighted by atomic mass is 16.5. The van der Waals surface area contributed by atoms with Gasteiger partial charge in [0.15, 0.2) is 0 Å². The van der Waals surface area contributed by atoms with E-state index in [0.717, 1.165) is 22.7 Å². The van der Waals surface area contributed by atoms with Crippen LogP contribution in [0.25, 0.3) is 11.0 Å². The number of anilines is 2. The quantitative estimate of drug-likeness (QED) is 0.339. The van der Waals surface area contributed by atoms with Crippen molar-refractivity contribution >= 4 is 28.6 Å². The lowest BCUT2D eigenvalue weighted by Gasteiger charge is -2.26. The number of ether oxygens (including phenoxy) is 1. The van der Waals surface area contributed by atoms with Gasteiger partial charge >= 0.3 is 0 Å². The summed E-state index contributed by atoms with van der Waals surface area (Å²) < 4.78 is 8.04. The summed E-state index contributed by atoms with van der Waals surface area (Å²) in [5.41, 5.74) is 5.71. The number of aryl methyl sites for hydroxylation is 1. The van der Waals surface area contributed by atoms with E-state index >= 15 is 0 Å². The van der Waals surface area contributed by atoms with Crippen molar-refractivity contribution in [3.05, 3.63) is 71.5 Å². The van der Waals surface area contributed by atoms with Crippen molar-refractivity contribution in [2.45, 2.75) is 52.4 Å². The Morgan fingerprint density at radius 2 is 1.53 bits per heavy atom. The van der Waals surface area contributed by atoms with Crippen molar-refractivity contribution in [2.24, 2.45) is 7.05 Å². The molecular formula is C29H35N5O2. The number of hydrogen-bond donors (Lipinski definition) is 2. The van der Waals surface area contributed by atoms with Crippen LogP contribution in [0.1, 0.15) is 63.2 Å². The molecule has 0 aliphatic carbocycles. The van der Waals surface area contributed by atoms with Crippen molar-refractivity contribution in [1.29, 1.82) is 0 Å². The Kier molecular flexibility index (Phi) is 6.52. The van der Waals surface area contributed by atoms with Gasteiger partial charge in [-0.25, -0.2) is 4.98 Å². The van der Waals surface area contributed by atoms with Crippen LogP contribution in [0.15, 0.2) is 54.7 Å². The van der Waals surface area contributed by atoms with Gasteiger partial charge in [-0.3, -0.25) is 9.78 Å². The first-order chi connectivity index (χ1) is 16.8. The molecule has 0 aliphatic heterocycles. The van der Waals surface area contributed by atoms with Crippen LogP contribution in [0.2, 0.25) is 0 Å². The van der Waals surface area contributed by atoms with Crippen molar-refractivity contribution in [3.8, 4) is 11.5 Å². The van der Waals surface area contributed by atoms with E-state index < -0.39 is 0 Å². The van der Waals surface area contributed by atoms with Crippen LogP contribution < -0.4 is 15.4 Å². The van der Waals surface area contributed by atoms with Gasteiger partial charge < -0.3 is 19.9 Å². The topological polar surface area (TPSA) is 81.1 Å². The van der Waals surface area contributed by atoms with Crippen molar-refractivity contribution in [2.75, 3.05) is 12.4 Å². The fourth-order valence-electron chi connectivity index (χ4n) is 3.91. The minimum atomic E-state index is -0.263. The predicted octanol–water partition coefficient (Wildman–Crippen LogP) is 6.46. The number of benzene rings is 2. The molecule has 2 aromatic carbocycles. The molecule has 2 N–H and O–H groups in total. The van der Waals surface area contributed by atoms with Crippen molar-refractivity contribution in [1.82, 2.24) is 19.9 Å². The number of aromatic nitrogens is 3. The molecule has 0 atom stereocenters. The lowest BCUT2D eigenvalue weighted by molar-refractivity contribution is 0.0958. The Hall–Kier alpha value is -3.87. The van der Waals surface area contributed by atoms with E-state index in [0.29, 0.717) is 17.2 Å². The van der Waals surface area contributed by atoms with Crippen LogP contribution in [-0.4, -0.2) is 27.5 Å². The highest BCUT2D eigenvalue weighted by Gasteiger charge is 2.21. The number of nitrogens with one attached hydrogen (secondary N) is 2. The Bertz CT molecular complexity index is 1390. The molecule has 0 aliphatic rings. The lowest BCUT2D eigenvalue weighted by Crippen LogP contribution is -2.18. The molecule has 0 fully saturated rings. The molecule has 188 valence electrons. The second-order valence-corrected chi connectivity index (χ2v) is 11.1. The maximum atomic E-state index is 11.9. The summed E-state index contributed by atoms with van der Waals surface area (Å²) in [7, 11) is 3.57. The average molecular weight is 486 g/mol. The molecule has 0 spiro atoms. The normalized spacial score (nSPS) is 12.0. The molecule has 2 heterocycles. The third-order valence-corrected chi connectivity index (χ3v) is 6.20. The van der Waals surface area contributed by atoms with E-state index in [2.05, 4.69) is 75.4 Å². The first-order valence-corrected chi connectivity index (χ1v) is 12.1. The van der Waals surface area contributed by atoms with Crippen molar-refractivity contribution in [3.63, 3.8) is 0 Å². The minimum absolute atomic E-state index is 0.0287. The summed E-state index contributed by atoms with van der Waals surface area (Å²) in [5, 5.41) is 6.11. The third kappa shape index (κ3) is 5.35. The highest BCUT2D eigenvalue weighted by Crippen LogP contribution is 2.34. The van der Waals surface area contributed by atoms with E-state index in [1.54, 1.807) is 25.4 Å². The zero-order chi connectivity index (χ0) is 26.3. The smallest absolute Gasteiger partial charge is 0.269 e. The number of carbonyl (C=O) groups is 1. The van der Waals surface area contributed by atoms with Gasteiger partial charge in [0.05, 0.1) is 11.0 Å². The Morgan fingerprint density at radius 3 is 2.14 bits per heavy atom. The lowest BCUT2D eigenvalue weighted by atomic mass is 9.80. The molecule has 0 bridgehead atoms. The molecule has 0 saturated carbocycles. The number of hydrogen-bond acceptors (Lipinski definition) is 5. The molecule has 7 nitrogen and oxygen atoms in total. The number of pyridine rings is 1. The zero-order valence-corrected chi connectivity index (χ0v) is 22.4. The van der Waals surface area contributed by atoms with Crippen LogP contribution in [0.5, 0.6) is 11.5 Å². The average Bonchev–Trinajstić information content (AvgIpc) is 3.11. The van der Waals surface area contributed by atoms with Gasteiger partial charge in [-0.1, -0.05) is 47.6 Å². The summed E-state index contributed by atoms with van der Waals surface area (Å²) >= 11 is 0. The Balaban J connectivity index is 1.65. The second-order valence-electron chi connectivity index (χ2n) is 11.1. The largest absolute Gasteiger partial charge is 0.457 e. The molecule has 0 radical (unpaired) electrons. The molecule has 7 heteroatoms. The first-order valence-electron chi connectivity index (χ1n) is 12.1.